The van der Waals surface area contributed by atoms with Crippen LogP contribution in [0.15, 0.2) is 0 Å². The maximum atomic E-state index is 8.55. The van der Waals surface area contributed by atoms with Gasteiger partial charge in [0.2, 0.25) is 0 Å². The third-order valence-electron chi connectivity index (χ3n) is 0. The van der Waals surface area contributed by atoms with Crippen molar-refractivity contribution in [3.8, 4) is 0 Å². The SMILES string of the molecule is O=P([O-])([O-])[O-].[S]=[Fe+3]. The molecule has 0 atom stereocenters. The molecule has 0 aromatic carbocycles. The Hall–Kier alpha value is 0.849. The van der Waals surface area contributed by atoms with Crippen LogP contribution in [-0.4, -0.2) is 0 Å². The molecule has 7 heteroatoms. The van der Waals surface area contributed by atoms with Gasteiger partial charge in [0.25, 0.3) is 0 Å². The predicted octanol–water partition coefficient (Wildman–Crippen LogP) is -2.18. The fraction of sp³-hybridized carbons (Fsp3) is 0. The van der Waals surface area contributed by atoms with Crippen molar-refractivity contribution < 1.29 is 33.6 Å². The molecule has 4 nitrogen and oxygen atoms in total. The monoisotopic (exact) mass is 183 g/mol. The molecule has 0 heterocycles. The minimum absolute atomic E-state index is 2.83. The summed E-state index contributed by atoms with van der Waals surface area (Å²) in [6.07, 6.45) is 0. The van der Waals surface area contributed by atoms with Gasteiger partial charge in [-0.2, -0.15) is 7.82 Å². The first-order valence-corrected chi connectivity index (χ1v) is 3.98. The average Bonchev–Trinajstić information content (AvgIpc) is 1.36. The van der Waals surface area contributed by atoms with E-state index in [1.165, 1.54) is 0 Å². The Kier molecular flexibility index (Phi) is 7.68. The summed E-state index contributed by atoms with van der Waals surface area (Å²) in [5, 5.41) is 0. The first-order valence-electron chi connectivity index (χ1n) is 0.875. The summed E-state index contributed by atoms with van der Waals surface area (Å²) < 4.78 is 8.55. The molecule has 0 fully saturated rings. The second kappa shape index (κ2) is 5.00. The van der Waals surface area contributed by atoms with Gasteiger partial charge in [-0.25, -0.2) is 0 Å². The van der Waals surface area contributed by atoms with Gasteiger partial charge in [0, 0.05) is 0 Å². The van der Waals surface area contributed by atoms with E-state index in [-0.39, 0.29) is 0 Å². The van der Waals surface area contributed by atoms with Crippen molar-refractivity contribution in [3.05, 3.63) is 0 Å². The van der Waals surface area contributed by atoms with Crippen molar-refractivity contribution >= 4 is 18.4 Å². The molecular formula is FeO4PS. The van der Waals surface area contributed by atoms with Crippen molar-refractivity contribution in [1.29, 1.82) is 0 Å². The molecule has 43 valence electrons. The quantitative estimate of drug-likeness (QED) is 0.314. The van der Waals surface area contributed by atoms with E-state index in [0.29, 0.717) is 0 Å². The molecule has 0 aliphatic carbocycles. The Morgan fingerprint density at radius 2 is 1.29 bits per heavy atom. The molecule has 7 heavy (non-hydrogen) atoms. The van der Waals surface area contributed by atoms with E-state index in [2.05, 4.69) is 24.9 Å². The molecule has 0 rings (SSSR count). The Labute approximate surface area is 52.5 Å². The number of phosphoric acid groups is 1. The Morgan fingerprint density at radius 3 is 1.29 bits per heavy atom. The van der Waals surface area contributed by atoms with Gasteiger partial charge in [0.1, 0.15) is 0 Å². The fourth-order valence-electron chi connectivity index (χ4n) is 0. The second-order valence-electron chi connectivity index (χ2n) is 0.447. The molecule has 0 spiro atoms. The Morgan fingerprint density at radius 1 is 1.29 bits per heavy atom. The number of hydrogen-bond donors (Lipinski definition) is 0. The molecule has 0 amide bonds. The Balaban J connectivity index is 0. The third kappa shape index (κ3) is 223. The van der Waals surface area contributed by atoms with Crippen LogP contribution in [0.3, 0.4) is 0 Å². The predicted molar refractivity (Wildman–Crippen MR) is 15.2 cm³/mol. The summed E-state index contributed by atoms with van der Waals surface area (Å²) in [6.45, 7) is 0. The van der Waals surface area contributed by atoms with Gasteiger partial charge < -0.3 is 19.2 Å². The number of rotatable bonds is 0. The van der Waals surface area contributed by atoms with E-state index in [1.54, 1.807) is 0 Å². The topological polar surface area (TPSA) is 86.2 Å². The van der Waals surface area contributed by atoms with Gasteiger partial charge in [-0.05, 0) is 0 Å². The van der Waals surface area contributed by atoms with Gasteiger partial charge >= 0.3 is 24.9 Å². The van der Waals surface area contributed by atoms with Crippen molar-refractivity contribution in [2.75, 3.05) is 0 Å². The van der Waals surface area contributed by atoms with Crippen LogP contribution in [-0.2, 0) is 18.9 Å². The molecule has 0 aromatic heterocycles. The minimum atomic E-state index is -5.39. The molecule has 0 aromatic rings. The summed E-state index contributed by atoms with van der Waals surface area (Å²) in [4.78, 5) is 25.6. The number of hydrogen-bond acceptors (Lipinski definition) is 5. The van der Waals surface area contributed by atoms with Crippen LogP contribution in [0.1, 0.15) is 0 Å². The summed E-state index contributed by atoms with van der Waals surface area (Å²) in [6, 6.07) is 0. The van der Waals surface area contributed by atoms with Crippen LogP contribution in [0.4, 0.5) is 0 Å². The van der Waals surface area contributed by atoms with E-state index in [9.17, 15) is 0 Å². The standard InChI is InChI=1S/Fe.H3O4P.S/c;1-5(2,3)4;/h;(H3,1,2,3,4);/q+3;;/p-3. The van der Waals surface area contributed by atoms with E-state index >= 15 is 0 Å². The fourth-order valence-corrected chi connectivity index (χ4v) is 0. The van der Waals surface area contributed by atoms with Gasteiger partial charge in [-0.1, -0.05) is 0 Å². The van der Waals surface area contributed by atoms with Crippen LogP contribution in [0, 0.1) is 0 Å². The van der Waals surface area contributed by atoms with Gasteiger partial charge in [-0.3, -0.25) is 0 Å². The maximum absolute atomic E-state index is 8.55. The van der Waals surface area contributed by atoms with E-state index in [4.69, 9.17) is 19.2 Å². The van der Waals surface area contributed by atoms with Crippen molar-refractivity contribution in [3.63, 3.8) is 0 Å². The molecule has 0 N–H and O–H groups in total. The average molecular weight is 183 g/mol. The summed E-state index contributed by atoms with van der Waals surface area (Å²) in [5.41, 5.74) is 0. The first kappa shape index (κ1) is 10.8. The molecule has 0 aliphatic heterocycles. The molecule has 0 saturated heterocycles. The molecule has 0 aliphatic rings. The van der Waals surface area contributed by atoms with Crippen LogP contribution in [0.2, 0.25) is 0 Å². The van der Waals surface area contributed by atoms with Gasteiger partial charge in [0.05, 0.1) is 0 Å². The van der Waals surface area contributed by atoms with Crippen LogP contribution >= 0.6 is 18.4 Å². The molecule has 0 bridgehead atoms. The van der Waals surface area contributed by atoms with Crippen molar-refractivity contribution in [1.82, 2.24) is 0 Å². The van der Waals surface area contributed by atoms with Crippen molar-refractivity contribution in [2.24, 2.45) is 0 Å². The third-order valence-corrected chi connectivity index (χ3v) is 0. The van der Waals surface area contributed by atoms with Gasteiger partial charge in [-0.15, -0.1) is 0 Å². The Bertz CT molecular complexity index is 67.5. The zero-order chi connectivity index (χ0) is 6.50. The zero-order valence-corrected chi connectivity index (χ0v) is 5.66. The summed E-state index contributed by atoms with van der Waals surface area (Å²) in [7, 11) is -1.56. The van der Waals surface area contributed by atoms with Crippen LogP contribution in [0.25, 0.3) is 0 Å². The van der Waals surface area contributed by atoms with Crippen LogP contribution < -0.4 is 14.7 Å². The molecule has 0 unspecified atom stereocenters. The van der Waals surface area contributed by atoms with E-state index in [1.807, 2.05) is 0 Å². The van der Waals surface area contributed by atoms with Gasteiger partial charge in [0.15, 0.2) is 0 Å². The van der Waals surface area contributed by atoms with Crippen molar-refractivity contribution in [2.45, 2.75) is 0 Å². The van der Waals surface area contributed by atoms with E-state index in [0.717, 1.165) is 0 Å². The second-order valence-corrected chi connectivity index (χ2v) is 1.34. The molecule has 0 radical (unpaired) electrons. The molecule has 0 saturated carbocycles. The van der Waals surface area contributed by atoms with E-state index < -0.39 is 7.82 Å². The normalized spacial score (nSPS) is 8.86. The van der Waals surface area contributed by atoms with Crippen LogP contribution in [0.5, 0.6) is 0 Å². The first-order chi connectivity index (χ1) is 3.00. The molecular weight excluding hydrogens is 183 g/mol. The summed E-state index contributed by atoms with van der Waals surface area (Å²) in [5.74, 6) is 0. The zero-order valence-electron chi connectivity index (χ0n) is 2.84. The summed E-state index contributed by atoms with van der Waals surface area (Å²) >= 11 is 2.83.